The maximum Gasteiger partial charge on any atom is 0.0422 e. The van der Waals surface area contributed by atoms with Gasteiger partial charge in [0, 0.05) is 26.6 Å². The third-order valence-corrected chi connectivity index (χ3v) is 5.14. The van der Waals surface area contributed by atoms with Gasteiger partial charge in [-0.25, -0.2) is 0 Å². The van der Waals surface area contributed by atoms with E-state index in [1.165, 1.54) is 22.0 Å². The molecule has 1 nitrogen and oxygen atoms in total. The molecule has 0 heterocycles. The van der Waals surface area contributed by atoms with Crippen molar-refractivity contribution in [2.24, 2.45) is 0 Å². The minimum absolute atomic E-state index is 0.805. The number of halogens is 2. The molecule has 0 saturated heterocycles. The Morgan fingerprint density at radius 2 is 1.60 bits per heavy atom. The van der Waals surface area contributed by atoms with E-state index in [9.17, 15) is 0 Å². The number of nitrogens with one attached hydrogen (secondary N) is 1. The second-order valence-corrected chi connectivity index (χ2v) is 6.34. The van der Waals surface area contributed by atoms with E-state index in [4.69, 9.17) is 0 Å². The third-order valence-electron chi connectivity index (χ3n) is 3.26. The van der Waals surface area contributed by atoms with Gasteiger partial charge in [-0.05, 0) is 61.0 Å². The molecule has 20 heavy (non-hydrogen) atoms. The summed E-state index contributed by atoms with van der Waals surface area (Å²) in [5.74, 6) is 0. The molecule has 0 unspecified atom stereocenters. The average molecular weight is 391 g/mol. The van der Waals surface area contributed by atoms with E-state index in [0.717, 1.165) is 15.5 Å². The van der Waals surface area contributed by atoms with Crippen molar-refractivity contribution >= 4 is 48.3 Å². The molecule has 0 spiro atoms. The fourth-order valence-electron chi connectivity index (χ4n) is 2.23. The summed E-state index contributed by atoms with van der Waals surface area (Å²) >= 11 is 7.03. The Morgan fingerprint density at radius 1 is 0.800 bits per heavy atom. The maximum atomic E-state index is 3.54. The summed E-state index contributed by atoms with van der Waals surface area (Å²) < 4.78 is 2.15. The maximum absolute atomic E-state index is 3.54. The van der Waals surface area contributed by atoms with E-state index >= 15 is 0 Å². The van der Waals surface area contributed by atoms with Gasteiger partial charge in [-0.15, -0.1) is 0 Å². The first-order chi connectivity index (χ1) is 9.74. The summed E-state index contributed by atoms with van der Waals surface area (Å²) in [5.41, 5.74) is 2.41. The standard InChI is InChI=1S/C17H13Br2N/c18-15-9-8-12(10-16(15)19)11-20-17-7-3-5-13-4-1-2-6-14(13)17/h1-10,20H,11H2. The molecule has 3 aromatic rings. The zero-order valence-corrected chi connectivity index (χ0v) is 13.9. The first-order valence-electron chi connectivity index (χ1n) is 6.39. The second kappa shape index (κ2) is 5.98. The lowest BCUT2D eigenvalue weighted by atomic mass is 10.1. The van der Waals surface area contributed by atoms with Gasteiger partial charge < -0.3 is 5.32 Å². The van der Waals surface area contributed by atoms with Gasteiger partial charge in [0.2, 0.25) is 0 Å². The first-order valence-corrected chi connectivity index (χ1v) is 7.98. The van der Waals surface area contributed by atoms with Crippen LogP contribution in [0.1, 0.15) is 5.56 Å². The monoisotopic (exact) mass is 389 g/mol. The average Bonchev–Trinajstić information content (AvgIpc) is 2.48. The first kappa shape index (κ1) is 13.7. The van der Waals surface area contributed by atoms with Crippen LogP contribution in [0.3, 0.4) is 0 Å². The number of hydrogen-bond acceptors (Lipinski definition) is 1. The minimum atomic E-state index is 0.805. The predicted molar refractivity (Wildman–Crippen MR) is 93.1 cm³/mol. The summed E-state index contributed by atoms with van der Waals surface area (Å²) in [6, 6.07) is 21.1. The number of benzene rings is 3. The summed E-state index contributed by atoms with van der Waals surface area (Å²) in [4.78, 5) is 0. The highest BCUT2D eigenvalue weighted by atomic mass is 79.9. The van der Waals surface area contributed by atoms with Gasteiger partial charge in [0.1, 0.15) is 0 Å². The lowest BCUT2D eigenvalue weighted by Crippen LogP contribution is -1.99. The van der Waals surface area contributed by atoms with E-state index in [1.807, 2.05) is 0 Å². The highest BCUT2D eigenvalue weighted by Crippen LogP contribution is 2.26. The van der Waals surface area contributed by atoms with Crippen molar-refractivity contribution in [3.05, 3.63) is 75.2 Å². The Morgan fingerprint density at radius 3 is 2.45 bits per heavy atom. The van der Waals surface area contributed by atoms with Gasteiger partial charge >= 0.3 is 0 Å². The van der Waals surface area contributed by atoms with Crippen LogP contribution in [0, 0.1) is 0 Å². The Labute approximate surface area is 135 Å². The Kier molecular flexibility index (Phi) is 4.08. The van der Waals surface area contributed by atoms with Crippen molar-refractivity contribution in [1.82, 2.24) is 0 Å². The molecule has 0 aliphatic heterocycles. The van der Waals surface area contributed by atoms with Crippen LogP contribution < -0.4 is 5.32 Å². The molecule has 3 heteroatoms. The smallest absolute Gasteiger partial charge is 0.0422 e. The van der Waals surface area contributed by atoms with Gasteiger partial charge in [-0.2, -0.15) is 0 Å². The number of fused-ring (bicyclic) bond motifs is 1. The van der Waals surface area contributed by atoms with Gasteiger partial charge in [-0.3, -0.25) is 0 Å². The lowest BCUT2D eigenvalue weighted by molar-refractivity contribution is 1.15. The molecule has 0 saturated carbocycles. The molecular weight excluding hydrogens is 378 g/mol. The van der Waals surface area contributed by atoms with Crippen molar-refractivity contribution in [2.45, 2.75) is 6.54 Å². The zero-order chi connectivity index (χ0) is 13.9. The molecule has 0 atom stereocenters. The van der Waals surface area contributed by atoms with Crippen LogP contribution in [-0.2, 0) is 6.54 Å². The fourth-order valence-corrected chi connectivity index (χ4v) is 2.90. The molecule has 0 aliphatic rings. The Balaban J connectivity index is 1.85. The van der Waals surface area contributed by atoms with E-state index in [2.05, 4.69) is 97.8 Å². The molecule has 1 N–H and O–H groups in total. The molecule has 3 aromatic carbocycles. The molecule has 0 aromatic heterocycles. The molecule has 0 radical (unpaired) electrons. The van der Waals surface area contributed by atoms with Crippen LogP contribution in [0.2, 0.25) is 0 Å². The summed E-state index contributed by atoms with van der Waals surface area (Å²) in [6.45, 7) is 0.805. The van der Waals surface area contributed by atoms with E-state index in [0.29, 0.717) is 0 Å². The molecule has 0 aliphatic carbocycles. The summed E-state index contributed by atoms with van der Waals surface area (Å²) in [5, 5.41) is 6.03. The Hall–Kier alpha value is -1.32. The van der Waals surface area contributed by atoms with Crippen LogP contribution >= 0.6 is 31.9 Å². The van der Waals surface area contributed by atoms with Crippen LogP contribution in [-0.4, -0.2) is 0 Å². The molecule has 3 rings (SSSR count). The van der Waals surface area contributed by atoms with Crippen LogP contribution in [0.25, 0.3) is 10.8 Å². The lowest BCUT2D eigenvalue weighted by Gasteiger charge is -2.10. The van der Waals surface area contributed by atoms with Gasteiger partial charge in [-0.1, -0.05) is 42.5 Å². The molecular formula is C17H13Br2N. The number of rotatable bonds is 3. The highest BCUT2D eigenvalue weighted by Gasteiger charge is 2.01. The van der Waals surface area contributed by atoms with Crippen molar-refractivity contribution in [3.8, 4) is 0 Å². The van der Waals surface area contributed by atoms with Crippen molar-refractivity contribution in [2.75, 3.05) is 5.32 Å². The number of hydrogen-bond donors (Lipinski definition) is 1. The highest BCUT2D eigenvalue weighted by molar-refractivity contribution is 9.13. The quantitative estimate of drug-likeness (QED) is 0.580. The Bertz CT molecular complexity index is 748. The van der Waals surface area contributed by atoms with Crippen molar-refractivity contribution in [3.63, 3.8) is 0 Å². The van der Waals surface area contributed by atoms with Crippen LogP contribution in [0.5, 0.6) is 0 Å². The fraction of sp³-hybridized carbons (Fsp3) is 0.0588. The predicted octanol–water partition coefficient (Wildman–Crippen LogP) is 5.98. The van der Waals surface area contributed by atoms with Crippen LogP contribution in [0.15, 0.2) is 69.6 Å². The summed E-state index contributed by atoms with van der Waals surface area (Å²) in [6.07, 6.45) is 0. The molecule has 100 valence electrons. The second-order valence-electron chi connectivity index (χ2n) is 4.63. The molecule has 0 amide bonds. The van der Waals surface area contributed by atoms with Crippen molar-refractivity contribution < 1.29 is 0 Å². The van der Waals surface area contributed by atoms with E-state index in [-0.39, 0.29) is 0 Å². The molecule has 0 bridgehead atoms. The van der Waals surface area contributed by atoms with E-state index < -0.39 is 0 Å². The normalized spacial score (nSPS) is 10.7. The van der Waals surface area contributed by atoms with E-state index in [1.54, 1.807) is 0 Å². The molecule has 0 fully saturated rings. The van der Waals surface area contributed by atoms with Gasteiger partial charge in [0.05, 0.1) is 0 Å². The SMILES string of the molecule is Brc1ccc(CNc2cccc3ccccc23)cc1Br. The zero-order valence-electron chi connectivity index (χ0n) is 10.7. The summed E-state index contributed by atoms with van der Waals surface area (Å²) in [7, 11) is 0. The number of anilines is 1. The van der Waals surface area contributed by atoms with Crippen molar-refractivity contribution in [1.29, 1.82) is 0 Å². The largest absolute Gasteiger partial charge is 0.380 e. The van der Waals surface area contributed by atoms with Gasteiger partial charge in [0.25, 0.3) is 0 Å². The van der Waals surface area contributed by atoms with Crippen LogP contribution in [0.4, 0.5) is 5.69 Å². The van der Waals surface area contributed by atoms with Gasteiger partial charge in [0.15, 0.2) is 0 Å². The topological polar surface area (TPSA) is 12.0 Å². The minimum Gasteiger partial charge on any atom is -0.380 e. The third kappa shape index (κ3) is 2.89.